The summed E-state index contributed by atoms with van der Waals surface area (Å²) in [6, 6.07) is 0.901. The third-order valence-electron chi connectivity index (χ3n) is 4.68. The zero-order valence-electron chi connectivity index (χ0n) is 13.7. The first kappa shape index (κ1) is 16.6. The van der Waals surface area contributed by atoms with Gasteiger partial charge in [0.05, 0.1) is 0 Å². The summed E-state index contributed by atoms with van der Waals surface area (Å²) in [5.41, 5.74) is 5.50. The fourth-order valence-electron chi connectivity index (χ4n) is 3.75. The van der Waals surface area contributed by atoms with Gasteiger partial charge in [-0.15, -0.1) is 0 Å². The van der Waals surface area contributed by atoms with Crippen molar-refractivity contribution in [1.29, 1.82) is 0 Å². The van der Waals surface area contributed by atoms with E-state index in [-0.39, 0.29) is 12.1 Å². The Morgan fingerprint density at radius 1 is 1.33 bits per heavy atom. The van der Waals surface area contributed by atoms with Crippen molar-refractivity contribution in [3.8, 4) is 0 Å². The number of nitrogens with one attached hydrogen (secondary N) is 1. The van der Waals surface area contributed by atoms with Crippen LogP contribution in [0.4, 0.5) is 4.79 Å². The van der Waals surface area contributed by atoms with E-state index in [2.05, 4.69) is 10.2 Å². The molecule has 1 amide bonds. The molecule has 3 N–H and O–H groups in total. The molecule has 0 aromatic carbocycles. The standard InChI is InChI=1S/C16H31N3O2/c1-16(2,3)21-15(20)18-11-13(10-17)19-9-8-12-6-4-5-7-14(12)19/h12-14H,4-11,17H2,1-3H3,(H,18,20). The van der Waals surface area contributed by atoms with E-state index in [4.69, 9.17) is 10.5 Å². The highest BCUT2D eigenvalue weighted by Gasteiger charge is 2.38. The zero-order valence-corrected chi connectivity index (χ0v) is 13.7. The lowest BCUT2D eigenvalue weighted by Gasteiger charge is -2.36. The van der Waals surface area contributed by atoms with Crippen LogP contribution in [0.3, 0.4) is 0 Å². The van der Waals surface area contributed by atoms with Crippen LogP contribution >= 0.6 is 0 Å². The summed E-state index contributed by atoms with van der Waals surface area (Å²) >= 11 is 0. The van der Waals surface area contributed by atoms with Crippen molar-refractivity contribution in [1.82, 2.24) is 10.2 Å². The number of likely N-dealkylation sites (tertiary alicyclic amines) is 1. The largest absolute Gasteiger partial charge is 0.444 e. The number of rotatable bonds is 4. The molecule has 1 saturated heterocycles. The number of amides is 1. The molecular weight excluding hydrogens is 266 g/mol. The summed E-state index contributed by atoms with van der Waals surface area (Å²) in [4.78, 5) is 14.3. The van der Waals surface area contributed by atoms with Gasteiger partial charge in [-0.3, -0.25) is 4.90 Å². The molecule has 21 heavy (non-hydrogen) atoms. The molecule has 1 aliphatic heterocycles. The van der Waals surface area contributed by atoms with Gasteiger partial charge < -0.3 is 15.8 Å². The van der Waals surface area contributed by atoms with Crippen molar-refractivity contribution < 1.29 is 9.53 Å². The van der Waals surface area contributed by atoms with Crippen LogP contribution in [0, 0.1) is 5.92 Å². The summed E-state index contributed by atoms with van der Waals surface area (Å²) in [5, 5.41) is 2.88. The third-order valence-corrected chi connectivity index (χ3v) is 4.68. The Balaban J connectivity index is 1.84. The molecule has 0 radical (unpaired) electrons. The molecule has 0 bridgehead atoms. The van der Waals surface area contributed by atoms with Gasteiger partial charge in [0.1, 0.15) is 5.60 Å². The first-order valence-electron chi connectivity index (χ1n) is 8.33. The molecule has 2 rings (SSSR count). The number of hydrogen-bond donors (Lipinski definition) is 2. The van der Waals surface area contributed by atoms with E-state index in [1.807, 2.05) is 20.8 Å². The summed E-state index contributed by atoms with van der Waals surface area (Å²) in [6.45, 7) is 7.90. The first-order chi connectivity index (χ1) is 9.90. The van der Waals surface area contributed by atoms with E-state index >= 15 is 0 Å². The van der Waals surface area contributed by atoms with Crippen LogP contribution in [0.15, 0.2) is 0 Å². The minimum absolute atomic E-state index is 0.227. The Morgan fingerprint density at radius 2 is 2.05 bits per heavy atom. The van der Waals surface area contributed by atoms with Gasteiger partial charge in [0, 0.05) is 25.2 Å². The number of hydrogen-bond acceptors (Lipinski definition) is 4. The van der Waals surface area contributed by atoms with Crippen molar-refractivity contribution in [2.24, 2.45) is 11.7 Å². The number of alkyl carbamates (subject to hydrolysis) is 1. The van der Waals surface area contributed by atoms with Crippen LogP contribution in [0.2, 0.25) is 0 Å². The molecule has 1 saturated carbocycles. The average Bonchev–Trinajstić information content (AvgIpc) is 2.82. The summed E-state index contributed by atoms with van der Waals surface area (Å²) in [5.74, 6) is 0.842. The maximum atomic E-state index is 11.8. The Hall–Kier alpha value is -0.810. The van der Waals surface area contributed by atoms with E-state index in [9.17, 15) is 4.79 Å². The Morgan fingerprint density at radius 3 is 2.71 bits per heavy atom. The summed E-state index contributed by atoms with van der Waals surface area (Å²) in [7, 11) is 0. The van der Waals surface area contributed by atoms with Crippen LogP contribution in [0.25, 0.3) is 0 Å². The average molecular weight is 297 g/mol. The van der Waals surface area contributed by atoms with Crippen molar-refractivity contribution in [2.75, 3.05) is 19.6 Å². The number of fused-ring (bicyclic) bond motifs is 1. The highest BCUT2D eigenvalue weighted by molar-refractivity contribution is 5.67. The van der Waals surface area contributed by atoms with E-state index in [0.29, 0.717) is 19.1 Å². The van der Waals surface area contributed by atoms with Gasteiger partial charge in [-0.25, -0.2) is 4.79 Å². The lowest BCUT2D eigenvalue weighted by molar-refractivity contribution is 0.0498. The molecule has 0 aromatic heterocycles. The van der Waals surface area contributed by atoms with Crippen LogP contribution in [0.1, 0.15) is 52.9 Å². The number of carbonyl (C=O) groups excluding carboxylic acids is 1. The molecule has 1 aliphatic carbocycles. The third kappa shape index (κ3) is 4.58. The molecule has 2 fully saturated rings. The predicted octanol–water partition coefficient (Wildman–Crippen LogP) is 2.10. The highest BCUT2D eigenvalue weighted by Crippen LogP contribution is 2.36. The molecule has 122 valence electrons. The number of nitrogens with zero attached hydrogens (tertiary/aromatic N) is 1. The lowest BCUT2D eigenvalue weighted by atomic mass is 9.85. The fraction of sp³-hybridized carbons (Fsp3) is 0.938. The molecule has 3 unspecified atom stereocenters. The van der Waals surface area contributed by atoms with Gasteiger partial charge in [0.25, 0.3) is 0 Å². The molecule has 0 aromatic rings. The van der Waals surface area contributed by atoms with Gasteiger partial charge in [0.15, 0.2) is 0 Å². The Labute approximate surface area is 128 Å². The van der Waals surface area contributed by atoms with Crippen molar-refractivity contribution in [3.05, 3.63) is 0 Å². The Kier molecular flexibility index (Phi) is 5.49. The number of ether oxygens (including phenoxy) is 1. The quantitative estimate of drug-likeness (QED) is 0.834. The van der Waals surface area contributed by atoms with E-state index in [0.717, 1.165) is 12.5 Å². The highest BCUT2D eigenvalue weighted by atomic mass is 16.6. The van der Waals surface area contributed by atoms with Gasteiger partial charge in [-0.1, -0.05) is 12.8 Å². The maximum Gasteiger partial charge on any atom is 0.407 e. The van der Waals surface area contributed by atoms with Crippen molar-refractivity contribution in [2.45, 2.75) is 70.6 Å². The summed E-state index contributed by atoms with van der Waals surface area (Å²) < 4.78 is 5.29. The fourth-order valence-corrected chi connectivity index (χ4v) is 3.75. The molecule has 5 heteroatoms. The SMILES string of the molecule is CC(C)(C)OC(=O)NCC(CN)N1CCC2CCCCC21. The second kappa shape index (κ2) is 6.97. The van der Waals surface area contributed by atoms with E-state index in [1.165, 1.54) is 32.1 Å². The number of nitrogens with two attached hydrogens (primary N) is 1. The predicted molar refractivity (Wildman–Crippen MR) is 84.1 cm³/mol. The second-order valence-electron chi connectivity index (χ2n) is 7.41. The molecule has 3 atom stereocenters. The monoisotopic (exact) mass is 297 g/mol. The smallest absolute Gasteiger partial charge is 0.407 e. The topological polar surface area (TPSA) is 67.6 Å². The van der Waals surface area contributed by atoms with Crippen LogP contribution in [-0.4, -0.2) is 48.3 Å². The number of carbonyl (C=O) groups is 1. The maximum absolute atomic E-state index is 11.8. The second-order valence-corrected chi connectivity index (χ2v) is 7.41. The molecule has 5 nitrogen and oxygen atoms in total. The summed E-state index contributed by atoms with van der Waals surface area (Å²) in [6.07, 6.45) is 6.28. The molecule has 2 aliphatic rings. The Bertz CT molecular complexity index is 354. The van der Waals surface area contributed by atoms with E-state index < -0.39 is 5.60 Å². The minimum Gasteiger partial charge on any atom is -0.444 e. The van der Waals surface area contributed by atoms with Crippen LogP contribution in [-0.2, 0) is 4.74 Å². The zero-order chi connectivity index (χ0) is 15.5. The van der Waals surface area contributed by atoms with Gasteiger partial charge in [-0.2, -0.15) is 0 Å². The normalized spacial score (nSPS) is 28.0. The minimum atomic E-state index is -0.454. The molecule has 1 heterocycles. The van der Waals surface area contributed by atoms with Crippen LogP contribution in [0.5, 0.6) is 0 Å². The van der Waals surface area contributed by atoms with Crippen LogP contribution < -0.4 is 11.1 Å². The lowest BCUT2D eigenvalue weighted by Crippen LogP contribution is -2.51. The van der Waals surface area contributed by atoms with E-state index in [1.54, 1.807) is 0 Å². The van der Waals surface area contributed by atoms with Crippen molar-refractivity contribution in [3.63, 3.8) is 0 Å². The van der Waals surface area contributed by atoms with Gasteiger partial charge >= 0.3 is 6.09 Å². The van der Waals surface area contributed by atoms with Gasteiger partial charge in [0.2, 0.25) is 0 Å². The first-order valence-corrected chi connectivity index (χ1v) is 8.33. The van der Waals surface area contributed by atoms with Gasteiger partial charge in [-0.05, 0) is 52.5 Å². The molecule has 0 spiro atoms. The van der Waals surface area contributed by atoms with Crippen molar-refractivity contribution >= 4 is 6.09 Å². The molecular formula is C16H31N3O2.